The predicted octanol–water partition coefficient (Wildman–Crippen LogP) is 2.99. The SMILES string of the molecule is CCOS(=O)(=O)c1cc(CC)ccc1C(F)(F)F. The van der Waals surface area contributed by atoms with Crippen LogP contribution in [0.5, 0.6) is 0 Å². The molecule has 0 fully saturated rings. The number of hydrogen-bond acceptors (Lipinski definition) is 3. The van der Waals surface area contributed by atoms with Crippen molar-refractivity contribution in [2.45, 2.75) is 31.3 Å². The highest BCUT2D eigenvalue weighted by molar-refractivity contribution is 7.86. The van der Waals surface area contributed by atoms with Crippen LogP contribution in [0.1, 0.15) is 25.0 Å². The number of benzene rings is 1. The van der Waals surface area contributed by atoms with Crippen LogP contribution in [-0.4, -0.2) is 15.0 Å². The molecule has 102 valence electrons. The predicted molar refractivity (Wildman–Crippen MR) is 59.6 cm³/mol. The molecule has 0 aliphatic carbocycles. The molecule has 1 aromatic rings. The third kappa shape index (κ3) is 3.23. The summed E-state index contributed by atoms with van der Waals surface area (Å²) >= 11 is 0. The lowest BCUT2D eigenvalue weighted by Crippen LogP contribution is -2.15. The van der Waals surface area contributed by atoms with Gasteiger partial charge in [0.15, 0.2) is 0 Å². The first-order valence-electron chi connectivity index (χ1n) is 5.32. The van der Waals surface area contributed by atoms with Crippen molar-refractivity contribution in [1.82, 2.24) is 0 Å². The zero-order chi connectivity index (χ0) is 14.0. The van der Waals surface area contributed by atoms with Crippen molar-refractivity contribution < 1.29 is 25.8 Å². The first-order chi connectivity index (χ1) is 8.22. The van der Waals surface area contributed by atoms with E-state index in [-0.39, 0.29) is 6.61 Å². The highest BCUT2D eigenvalue weighted by Gasteiger charge is 2.37. The van der Waals surface area contributed by atoms with Crippen molar-refractivity contribution >= 4 is 10.1 Å². The van der Waals surface area contributed by atoms with E-state index in [0.29, 0.717) is 12.0 Å². The second-order valence-electron chi connectivity index (χ2n) is 3.54. The van der Waals surface area contributed by atoms with Gasteiger partial charge in [-0.1, -0.05) is 13.0 Å². The summed E-state index contributed by atoms with van der Waals surface area (Å²) in [6.45, 7) is 2.91. The molecule has 0 unspecified atom stereocenters. The van der Waals surface area contributed by atoms with Crippen LogP contribution in [0.4, 0.5) is 13.2 Å². The summed E-state index contributed by atoms with van der Waals surface area (Å²) in [5, 5.41) is 0. The Kier molecular flexibility index (Phi) is 4.39. The molecule has 3 nitrogen and oxygen atoms in total. The number of rotatable bonds is 4. The second kappa shape index (κ2) is 5.27. The van der Waals surface area contributed by atoms with Gasteiger partial charge in [-0.2, -0.15) is 21.6 Å². The Balaban J connectivity index is 3.47. The van der Waals surface area contributed by atoms with Gasteiger partial charge in [0.2, 0.25) is 0 Å². The van der Waals surface area contributed by atoms with Crippen LogP contribution in [0.25, 0.3) is 0 Å². The number of aryl methyl sites for hydroxylation is 1. The fourth-order valence-corrected chi connectivity index (χ4v) is 2.63. The number of hydrogen-bond donors (Lipinski definition) is 0. The maximum Gasteiger partial charge on any atom is 0.417 e. The van der Waals surface area contributed by atoms with Crippen LogP contribution >= 0.6 is 0 Å². The van der Waals surface area contributed by atoms with E-state index >= 15 is 0 Å². The Morgan fingerprint density at radius 2 is 1.83 bits per heavy atom. The normalized spacial score (nSPS) is 12.7. The van der Waals surface area contributed by atoms with E-state index < -0.39 is 26.8 Å². The second-order valence-corrected chi connectivity index (χ2v) is 5.13. The van der Waals surface area contributed by atoms with Crippen LogP contribution in [0.2, 0.25) is 0 Å². The molecule has 0 spiro atoms. The zero-order valence-corrected chi connectivity index (χ0v) is 10.7. The van der Waals surface area contributed by atoms with Gasteiger partial charge in [-0.25, -0.2) is 0 Å². The molecule has 0 aromatic heterocycles. The molecule has 0 aliphatic heterocycles. The fourth-order valence-electron chi connectivity index (χ4n) is 1.45. The lowest BCUT2D eigenvalue weighted by atomic mass is 10.1. The van der Waals surface area contributed by atoms with E-state index in [4.69, 9.17) is 0 Å². The summed E-state index contributed by atoms with van der Waals surface area (Å²) in [6, 6.07) is 3.03. The molecular formula is C11H13F3O3S. The van der Waals surface area contributed by atoms with Crippen LogP contribution in [0.15, 0.2) is 23.1 Å². The van der Waals surface area contributed by atoms with Crippen LogP contribution < -0.4 is 0 Å². The van der Waals surface area contributed by atoms with Crippen LogP contribution in [0.3, 0.4) is 0 Å². The third-order valence-corrected chi connectivity index (χ3v) is 3.72. The largest absolute Gasteiger partial charge is 0.417 e. The maximum atomic E-state index is 12.7. The molecule has 18 heavy (non-hydrogen) atoms. The Labute approximate surface area is 104 Å². The Bertz CT molecular complexity index is 521. The molecule has 0 heterocycles. The molecule has 0 atom stereocenters. The van der Waals surface area contributed by atoms with Crippen molar-refractivity contribution in [3.05, 3.63) is 29.3 Å². The molecule has 0 amide bonds. The van der Waals surface area contributed by atoms with Gasteiger partial charge in [-0.15, -0.1) is 0 Å². The first kappa shape index (κ1) is 15.0. The fraction of sp³-hybridized carbons (Fsp3) is 0.455. The van der Waals surface area contributed by atoms with Gasteiger partial charge in [0.05, 0.1) is 12.2 Å². The lowest BCUT2D eigenvalue weighted by Gasteiger charge is -2.13. The van der Waals surface area contributed by atoms with Gasteiger partial charge in [0.25, 0.3) is 10.1 Å². The van der Waals surface area contributed by atoms with Crippen LogP contribution in [-0.2, 0) is 26.9 Å². The van der Waals surface area contributed by atoms with E-state index in [1.54, 1.807) is 6.92 Å². The molecule has 1 rings (SSSR count). The van der Waals surface area contributed by atoms with Gasteiger partial charge in [0.1, 0.15) is 4.90 Å². The average molecular weight is 282 g/mol. The Morgan fingerprint density at radius 1 is 1.22 bits per heavy atom. The summed E-state index contributed by atoms with van der Waals surface area (Å²) in [7, 11) is -4.38. The standard InChI is InChI=1S/C11H13F3O3S/c1-3-8-5-6-9(11(12,13)14)10(7-8)18(15,16)17-4-2/h5-7H,3-4H2,1-2H3. The summed E-state index contributed by atoms with van der Waals surface area (Å²) in [5.41, 5.74) is -0.700. The van der Waals surface area contributed by atoms with Crippen molar-refractivity contribution in [1.29, 1.82) is 0 Å². The summed E-state index contributed by atoms with van der Waals surface area (Å²) in [6.07, 6.45) is -4.29. The highest BCUT2D eigenvalue weighted by Crippen LogP contribution is 2.35. The van der Waals surface area contributed by atoms with Crippen molar-refractivity contribution in [3.63, 3.8) is 0 Å². The molecule has 0 radical (unpaired) electrons. The molecule has 0 saturated heterocycles. The Hall–Kier alpha value is -1.08. The smallest absolute Gasteiger partial charge is 0.267 e. The molecule has 0 aliphatic rings. The summed E-state index contributed by atoms with van der Waals surface area (Å²) in [4.78, 5) is -0.823. The third-order valence-electron chi connectivity index (χ3n) is 2.30. The van der Waals surface area contributed by atoms with Crippen molar-refractivity contribution in [2.75, 3.05) is 6.61 Å². The van der Waals surface area contributed by atoms with Gasteiger partial charge >= 0.3 is 6.18 Å². The van der Waals surface area contributed by atoms with Gasteiger partial charge in [0, 0.05) is 0 Å². The Morgan fingerprint density at radius 3 is 2.28 bits per heavy atom. The quantitative estimate of drug-likeness (QED) is 0.797. The van der Waals surface area contributed by atoms with Crippen molar-refractivity contribution in [2.24, 2.45) is 0 Å². The van der Waals surface area contributed by atoms with Crippen LogP contribution in [0, 0.1) is 0 Å². The minimum Gasteiger partial charge on any atom is -0.267 e. The molecule has 1 aromatic carbocycles. The number of alkyl halides is 3. The maximum absolute atomic E-state index is 12.7. The van der Waals surface area contributed by atoms with E-state index in [0.717, 1.165) is 12.1 Å². The summed E-state index contributed by atoms with van der Waals surface area (Å²) < 4.78 is 65.9. The zero-order valence-electron chi connectivity index (χ0n) is 9.91. The van der Waals surface area contributed by atoms with E-state index in [1.807, 2.05) is 0 Å². The minimum atomic E-state index is -4.73. The first-order valence-corrected chi connectivity index (χ1v) is 6.72. The van der Waals surface area contributed by atoms with Crippen molar-refractivity contribution in [3.8, 4) is 0 Å². The van der Waals surface area contributed by atoms with E-state index in [1.165, 1.54) is 13.0 Å². The topological polar surface area (TPSA) is 43.4 Å². The monoisotopic (exact) mass is 282 g/mol. The molecule has 0 bridgehead atoms. The van der Waals surface area contributed by atoms with Gasteiger partial charge < -0.3 is 0 Å². The summed E-state index contributed by atoms with van der Waals surface area (Å²) in [5.74, 6) is 0. The lowest BCUT2D eigenvalue weighted by molar-refractivity contribution is -0.140. The van der Waals surface area contributed by atoms with Gasteiger partial charge in [-0.05, 0) is 31.0 Å². The molecular weight excluding hydrogens is 269 g/mol. The average Bonchev–Trinajstić information content (AvgIpc) is 2.27. The molecule has 0 N–H and O–H groups in total. The number of halogens is 3. The minimum absolute atomic E-state index is 0.212. The molecule has 0 saturated carbocycles. The molecule has 7 heteroatoms. The van der Waals surface area contributed by atoms with Gasteiger partial charge in [-0.3, -0.25) is 4.18 Å². The van der Waals surface area contributed by atoms with E-state index in [9.17, 15) is 21.6 Å². The van der Waals surface area contributed by atoms with E-state index in [2.05, 4.69) is 4.18 Å². The highest BCUT2D eigenvalue weighted by atomic mass is 32.2.